The first kappa shape index (κ1) is 16.6. The molecule has 5 nitrogen and oxygen atoms in total. The van der Waals surface area contributed by atoms with Crippen molar-refractivity contribution in [3.8, 4) is 0 Å². The van der Waals surface area contributed by atoms with Gasteiger partial charge in [0.2, 0.25) is 0 Å². The van der Waals surface area contributed by atoms with Gasteiger partial charge in [-0.1, -0.05) is 30.3 Å². The molecule has 112 valence electrons. The fourth-order valence-electron chi connectivity index (χ4n) is 1.82. The van der Waals surface area contributed by atoms with Crippen LogP contribution in [0.25, 0.3) is 6.08 Å². The summed E-state index contributed by atoms with van der Waals surface area (Å²) >= 11 is 0. The van der Waals surface area contributed by atoms with Crippen LogP contribution in [-0.4, -0.2) is 31.9 Å². The lowest BCUT2D eigenvalue weighted by atomic mass is 9.95. The van der Waals surface area contributed by atoms with Crippen molar-refractivity contribution in [2.24, 2.45) is 5.92 Å². The summed E-state index contributed by atoms with van der Waals surface area (Å²) in [5.41, 5.74) is 1.18. The van der Waals surface area contributed by atoms with E-state index in [-0.39, 0.29) is 12.2 Å². The van der Waals surface area contributed by atoms with Gasteiger partial charge in [0.15, 0.2) is 11.7 Å². The largest absolute Gasteiger partial charge is 0.468 e. The predicted octanol–water partition coefficient (Wildman–Crippen LogP) is 2.01. The van der Waals surface area contributed by atoms with E-state index >= 15 is 0 Å². The molecule has 0 aliphatic rings. The molecular weight excluding hydrogens is 272 g/mol. The number of ether oxygens (including phenoxy) is 2. The maximum atomic E-state index is 11.7. The van der Waals surface area contributed by atoms with Gasteiger partial charge < -0.3 is 9.47 Å². The molecule has 0 fully saturated rings. The van der Waals surface area contributed by atoms with Crippen LogP contribution in [0.15, 0.2) is 35.9 Å². The lowest BCUT2D eigenvalue weighted by molar-refractivity contribution is -0.158. The smallest absolute Gasteiger partial charge is 0.320 e. The van der Waals surface area contributed by atoms with Gasteiger partial charge in [-0.2, -0.15) is 0 Å². The molecule has 0 aliphatic carbocycles. The number of Topliss-reactive ketones (excluding diaryl/α,β-unsaturated/α-hetero) is 1. The highest BCUT2D eigenvalue weighted by Crippen LogP contribution is 2.19. The van der Waals surface area contributed by atoms with Crippen molar-refractivity contribution in [1.82, 2.24) is 0 Å². The molecule has 0 spiro atoms. The van der Waals surface area contributed by atoms with Crippen LogP contribution in [0, 0.1) is 5.92 Å². The summed E-state index contributed by atoms with van der Waals surface area (Å²) in [5, 5.41) is 0. The SMILES string of the molecule is COC(=O)C(C/C(=C/c1ccccc1)C(C)=O)C(=O)OC. The summed E-state index contributed by atoms with van der Waals surface area (Å²) in [7, 11) is 2.37. The highest BCUT2D eigenvalue weighted by Gasteiger charge is 2.30. The molecule has 0 amide bonds. The van der Waals surface area contributed by atoms with E-state index in [1.165, 1.54) is 21.1 Å². The average Bonchev–Trinajstić information content (AvgIpc) is 2.50. The summed E-state index contributed by atoms with van der Waals surface area (Å²) in [6, 6.07) is 9.18. The average molecular weight is 290 g/mol. The Morgan fingerprint density at radius 3 is 2.00 bits per heavy atom. The second-order valence-electron chi connectivity index (χ2n) is 4.44. The molecule has 0 N–H and O–H groups in total. The number of hydrogen-bond acceptors (Lipinski definition) is 5. The van der Waals surface area contributed by atoms with Gasteiger partial charge in [-0.25, -0.2) is 0 Å². The minimum Gasteiger partial charge on any atom is -0.468 e. The molecule has 0 bridgehead atoms. The van der Waals surface area contributed by atoms with Crippen LogP contribution in [0.2, 0.25) is 0 Å². The predicted molar refractivity (Wildman–Crippen MR) is 77.2 cm³/mol. The van der Waals surface area contributed by atoms with Crippen LogP contribution < -0.4 is 0 Å². The van der Waals surface area contributed by atoms with Gasteiger partial charge in [-0.05, 0) is 30.6 Å². The van der Waals surface area contributed by atoms with Crippen LogP contribution in [0.4, 0.5) is 0 Å². The molecular formula is C16H18O5. The standard InChI is InChI=1S/C16H18O5/c1-11(17)13(9-12-7-5-4-6-8-12)10-14(15(18)20-2)16(19)21-3/h4-9,14H,10H2,1-3H3/b13-9-. The number of carbonyl (C=O) groups is 3. The van der Waals surface area contributed by atoms with E-state index in [2.05, 4.69) is 9.47 Å². The van der Waals surface area contributed by atoms with Gasteiger partial charge >= 0.3 is 11.9 Å². The number of esters is 2. The zero-order valence-corrected chi connectivity index (χ0v) is 12.3. The van der Waals surface area contributed by atoms with Crippen molar-refractivity contribution < 1.29 is 23.9 Å². The van der Waals surface area contributed by atoms with Crippen molar-refractivity contribution in [2.75, 3.05) is 14.2 Å². The fourth-order valence-corrected chi connectivity index (χ4v) is 1.82. The minimum atomic E-state index is -1.14. The molecule has 0 saturated heterocycles. The third-order valence-electron chi connectivity index (χ3n) is 2.99. The molecule has 5 heteroatoms. The van der Waals surface area contributed by atoms with Crippen LogP contribution in [0.1, 0.15) is 18.9 Å². The van der Waals surface area contributed by atoms with Crippen molar-refractivity contribution in [3.05, 3.63) is 41.5 Å². The highest BCUT2D eigenvalue weighted by molar-refractivity contribution is 6.01. The second-order valence-corrected chi connectivity index (χ2v) is 4.44. The second kappa shape index (κ2) is 7.99. The van der Waals surface area contributed by atoms with Crippen molar-refractivity contribution in [1.29, 1.82) is 0 Å². The molecule has 0 radical (unpaired) electrons. The molecule has 0 aromatic heterocycles. The number of hydrogen-bond donors (Lipinski definition) is 0. The molecule has 0 heterocycles. The van der Waals surface area contributed by atoms with Crippen molar-refractivity contribution in [3.63, 3.8) is 0 Å². The van der Waals surface area contributed by atoms with E-state index in [1.807, 2.05) is 30.3 Å². The molecule has 0 aliphatic heterocycles. The van der Waals surface area contributed by atoms with Crippen LogP contribution in [-0.2, 0) is 23.9 Å². The minimum absolute atomic E-state index is 0.0520. The summed E-state index contributed by atoms with van der Waals surface area (Å²) < 4.78 is 9.18. The molecule has 0 atom stereocenters. The number of allylic oxidation sites excluding steroid dienone is 1. The Balaban J connectivity index is 3.06. The van der Waals surface area contributed by atoms with Crippen molar-refractivity contribution in [2.45, 2.75) is 13.3 Å². The normalized spacial score (nSPS) is 11.1. The maximum absolute atomic E-state index is 11.7. The van der Waals surface area contributed by atoms with Crippen LogP contribution in [0.3, 0.4) is 0 Å². The van der Waals surface area contributed by atoms with E-state index in [0.717, 1.165) is 5.56 Å². The van der Waals surface area contributed by atoms with E-state index < -0.39 is 17.9 Å². The monoisotopic (exact) mass is 290 g/mol. The van der Waals surface area contributed by atoms with E-state index in [1.54, 1.807) is 6.08 Å². The molecule has 1 rings (SSSR count). The van der Waals surface area contributed by atoms with E-state index in [0.29, 0.717) is 5.57 Å². The summed E-state index contributed by atoms with van der Waals surface area (Å²) in [5.74, 6) is -2.79. The Bertz CT molecular complexity index is 529. The van der Waals surface area contributed by atoms with Gasteiger partial charge in [-0.3, -0.25) is 14.4 Å². The first-order chi connectivity index (χ1) is 9.99. The number of methoxy groups -OCH3 is 2. The Kier molecular flexibility index (Phi) is 6.33. The number of benzene rings is 1. The Morgan fingerprint density at radius 1 is 1.05 bits per heavy atom. The van der Waals surface area contributed by atoms with Gasteiger partial charge in [0.05, 0.1) is 14.2 Å². The number of rotatable bonds is 6. The van der Waals surface area contributed by atoms with Crippen molar-refractivity contribution >= 4 is 23.8 Å². The quantitative estimate of drug-likeness (QED) is 0.455. The summed E-state index contributed by atoms with van der Waals surface area (Å²) in [6.07, 6.45) is 1.60. The Hall–Kier alpha value is -2.43. The molecule has 0 saturated carbocycles. The van der Waals surface area contributed by atoms with E-state index in [9.17, 15) is 14.4 Å². The lowest BCUT2D eigenvalue weighted by Gasteiger charge is -2.13. The zero-order valence-electron chi connectivity index (χ0n) is 12.3. The van der Waals surface area contributed by atoms with Gasteiger partial charge in [-0.15, -0.1) is 0 Å². The molecule has 0 unspecified atom stereocenters. The zero-order chi connectivity index (χ0) is 15.8. The first-order valence-corrected chi connectivity index (χ1v) is 6.41. The first-order valence-electron chi connectivity index (χ1n) is 6.41. The molecule has 21 heavy (non-hydrogen) atoms. The number of ketones is 1. The number of carbonyl (C=O) groups excluding carboxylic acids is 3. The third-order valence-corrected chi connectivity index (χ3v) is 2.99. The molecule has 1 aromatic rings. The van der Waals surface area contributed by atoms with E-state index in [4.69, 9.17) is 0 Å². The fraction of sp³-hybridized carbons (Fsp3) is 0.312. The lowest BCUT2D eigenvalue weighted by Crippen LogP contribution is -2.27. The van der Waals surface area contributed by atoms with Gasteiger partial charge in [0.25, 0.3) is 0 Å². The van der Waals surface area contributed by atoms with Gasteiger partial charge in [0.1, 0.15) is 0 Å². The summed E-state index contributed by atoms with van der Waals surface area (Å²) in [6.45, 7) is 1.39. The van der Waals surface area contributed by atoms with Gasteiger partial charge in [0, 0.05) is 0 Å². The topological polar surface area (TPSA) is 69.7 Å². The summed E-state index contributed by atoms with van der Waals surface area (Å²) in [4.78, 5) is 35.1. The van der Waals surface area contributed by atoms with Crippen LogP contribution in [0.5, 0.6) is 0 Å². The highest BCUT2D eigenvalue weighted by atomic mass is 16.5. The molecule has 1 aromatic carbocycles. The third kappa shape index (κ3) is 4.87. The maximum Gasteiger partial charge on any atom is 0.320 e. The Morgan fingerprint density at radius 2 is 1.57 bits per heavy atom. The van der Waals surface area contributed by atoms with Crippen LogP contribution >= 0.6 is 0 Å². The Labute approximate surface area is 123 Å².